The van der Waals surface area contributed by atoms with E-state index in [2.05, 4.69) is 36.7 Å². The van der Waals surface area contributed by atoms with Gasteiger partial charge in [0.1, 0.15) is 11.5 Å². The predicted octanol–water partition coefficient (Wildman–Crippen LogP) is 2.36. The Hall–Kier alpha value is -1.45. The molecule has 0 unspecified atom stereocenters. The number of nitrogens with two attached hydrogens (primary N) is 1. The molecule has 0 aromatic carbocycles. The topological polar surface area (TPSA) is 51.4 Å². The molecule has 0 radical (unpaired) electrons. The van der Waals surface area contributed by atoms with Crippen LogP contribution in [0.15, 0.2) is 6.07 Å². The van der Waals surface area contributed by atoms with Crippen molar-refractivity contribution in [1.82, 2.24) is 4.98 Å². The minimum Gasteiger partial charge on any atom is -0.476 e. The number of fused-ring (bicyclic) bond motifs is 1. The summed E-state index contributed by atoms with van der Waals surface area (Å²) in [6.07, 6.45) is 1.01. The molecule has 2 rings (SSSR count). The van der Waals surface area contributed by atoms with E-state index in [9.17, 15) is 0 Å². The third-order valence-electron chi connectivity index (χ3n) is 3.06. The number of hydrogen-bond donors (Lipinski definition) is 1. The molecule has 0 saturated heterocycles. The lowest BCUT2D eigenvalue weighted by Crippen LogP contribution is -2.42. The van der Waals surface area contributed by atoms with E-state index in [1.165, 1.54) is 0 Å². The molecule has 4 heteroatoms. The molecule has 94 valence electrons. The number of rotatable bonds is 0. The SMILES string of the molecule is Cc1cc2c(nc1N)OCCCN2C(C)(C)C. The summed E-state index contributed by atoms with van der Waals surface area (Å²) in [4.78, 5) is 6.69. The van der Waals surface area contributed by atoms with E-state index in [-0.39, 0.29) is 5.54 Å². The Balaban J connectivity index is 2.52. The maximum atomic E-state index is 5.84. The van der Waals surface area contributed by atoms with E-state index >= 15 is 0 Å². The minimum atomic E-state index is 0.0622. The summed E-state index contributed by atoms with van der Waals surface area (Å²) in [5.41, 5.74) is 7.96. The van der Waals surface area contributed by atoms with Crippen LogP contribution in [0.2, 0.25) is 0 Å². The Morgan fingerprint density at radius 3 is 2.76 bits per heavy atom. The van der Waals surface area contributed by atoms with Crippen molar-refractivity contribution in [2.45, 2.75) is 39.7 Å². The van der Waals surface area contributed by atoms with Crippen LogP contribution in [-0.4, -0.2) is 23.7 Å². The summed E-state index contributed by atoms with van der Waals surface area (Å²) in [6, 6.07) is 2.08. The Bertz CT molecular complexity index is 423. The van der Waals surface area contributed by atoms with Gasteiger partial charge in [-0.15, -0.1) is 0 Å². The molecule has 1 aromatic rings. The lowest BCUT2D eigenvalue weighted by Gasteiger charge is -2.37. The first kappa shape index (κ1) is 12.0. The maximum absolute atomic E-state index is 5.84. The number of ether oxygens (including phenoxy) is 1. The molecule has 0 saturated carbocycles. The third-order valence-corrected chi connectivity index (χ3v) is 3.06. The average Bonchev–Trinajstić information content (AvgIpc) is 2.40. The van der Waals surface area contributed by atoms with Gasteiger partial charge in [0.05, 0.1) is 6.61 Å². The van der Waals surface area contributed by atoms with Crippen LogP contribution >= 0.6 is 0 Å². The molecule has 0 aliphatic carbocycles. The highest BCUT2D eigenvalue weighted by molar-refractivity contribution is 5.62. The van der Waals surface area contributed by atoms with Gasteiger partial charge in [0.15, 0.2) is 0 Å². The number of anilines is 2. The van der Waals surface area contributed by atoms with Crippen LogP contribution in [0.5, 0.6) is 5.88 Å². The van der Waals surface area contributed by atoms with Gasteiger partial charge in [-0.3, -0.25) is 0 Å². The molecule has 17 heavy (non-hydrogen) atoms. The number of nitrogens with zero attached hydrogens (tertiary/aromatic N) is 2. The minimum absolute atomic E-state index is 0.0622. The molecule has 1 aliphatic heterocycles. The van der Waals surface area contributed by atoms with Crippen molar-refractivity contribution >= 4 is 11.5 Å². The average molecular weight is 235 g/mol. The van der Waals surface area contributed by atoms with E-state index in [0.717, 1.165) is 24.2 Å². The second-order valence-corrected chi connectivity index (χ2v) is 5.54. The zero-order valence-corrected chi connectivity index (χ0v) is 11.1. The maximum Gasteiger partial charge on any atom is 0.239 e. The first-order valence-electron chi connectivity index (χ1n) is 6.07. The van der Waals surface area contributed by atoms with E-state index in [4.69, 9.17) is 10.5 Å². The van der Waals surface area contributed by atoms with Crippen molar-refractivity contribution in [3.8, 4) is 5.88 Å². The fraction of sp³-hybridized carbons (Fsp3) is 0.615. The van der Waals surface area contributed by atoms with Gasteiger partial charge in [0.2, 0.25) is 5.88 Å². The summed E-state index contributed by atoms with van der Waals surface area (Å²) in [5.74, 6) is 1.22. The number of aryl methyl sites for hydroxylation is 1. The van der Waals surface area contributed by atoms with E-state index in [1.54, 1.807) is 0 Å². The van der Waals surface area contributed by atoms with Crippen molar-refractivity contribution < 1.29 is 4.74 Å². The highest BCUT2D eigenvalue weighted by atomic mass is 16.5. The summed E-state index contributed by atoms with van der Waals surface area (Å²) in [5, 5.41) is 0. The second kappa shape index (κ2) is 4.09. The van der Waals surface area contributed by atoms with E-state index in [1.807, 2.05) is 6.92 Å². The molecule has 1 aliphatic rings. The molecular formula is C13H21N3O. The smallest absolute Gasteiger partial charge is 0.239 e. The number of aromatic nitrogens is 1. The predicted molar refractivity (Wildman–Crippen MR) is 70.6 cm³/mol. The molecule has 0 fully saturated rings. The quantitative estimate of drug-likeness (QED) is 0.750. The molecule has 0 spiro atoms. The number of nitrogen functional groups attached to an aromatic ring is 1. The van der Waals surface area contributed by atoms with Crippen LogP contribution in [0.4, 0.5) is 11.5 Å². The summed E-state index contributed by atoms with van der Waals surface area (Å²) in [7, 11) is 0. The first-order valence-corrected chi connectivity index (χ1v) is 6.07. The van der Waals surface area contributed by atoms with Crippen LogP contribution in [0, 0.1) is 6.92 Å². The summed E-state index contributed by atoms with van der Waals surface area (Å²) in [6.45, 7) is 10.3. The van der Waals surface area contributed by atoms with Gasteiger partial charge in [-0.25, -0.2) is 0 Å². The molecule has 0 amide bonds. The van der Waals surface area contributed by atoms with Crippen LogP contribution in [-0.2, 0) is 0 Å². The molecule has 2 N–H and O–H groups in total. The normalized spacial score (nSPS) is 16.1. The fourth-order valence-electron chi connectivity index (χ4n) is 2.10. The summed E-state index contributed by atoms with van der Waals surface area (Å²) < 4.78 is 5.68. The molecule has 0 bridgehead atoms. The lowest BCUT2D eigenvalue weighted by atomic mass is 10.0. The fourth-order valence-corrected chi connectivity index (χ4v) is 2.10. The van der Waals surface area contributed by atoms with E-state index < -0.39 is 0 Å². The zero-order chi connectivity index (χ0) is 12.6. The van der Waals surface area contributed by atoms with Gasteiger partial charge in [-0.2, -0.15) is 4.98 Å². The largest absolute Gasteiger partial charge is 0.476 e. The Kier molecular flexibility index (Phi) is 2.89. The Morgan fingerprint density at radius 2 is 2.12 bits per heavy atom. The van der Waals surface area contributed by atoms with Gasteiger partial charge in [-0.05, 0) is 45.7 Å². The molecule has 4 nitrogen and oxygen atoms in total. The zero-order valence-electron chi connectivity index (χ0n) is 11.1. The van der Waals surface area contributed by atoms with E-state index in [0.29, 0.717) is 18.3 Å². The Morgan fingerprint density at radius 1 is 1.41 bits per heavy atom. The molecule has 1 aromatic heterocycles. The van der Waals surface area contributed by atoms with Crippen molar-refractivity contribution in [3.63, 3.8) is 0 Å². The molecule has 0 atom stereocenters. The van der Waals surface area contributed by atoms with Crippen LogP contribution in [0.1, 0.15) is 32.8 Å². The highest BCUT2D eigenvalue weighted by Gasteiger charge is 2.27. The number of hydrogen-bond acceptors (Lipinski definition) is 4. The van der Waals surface area contributed by atoms with Gasteiger partial charge < -0.3 is 15.4 Å². The van der Waals surface area contributed by atoms with Gasteiger partial charge in [-0.1, -0.05) is 0 Å². The third kappa shape index (κ3) is 2.30. The van der Waals surface area contributed by atoms with Crippen LogP contribution in [0.25, 0.3) is 0 Å². The van der Waals surface area contributed by atoms with Crippen molar-refractivity contribution in [2.24, 2.45) is 0 Å². The molecular weight excluding hydrogens is 214 g/mol. The molecule has 2 heterocycles. The monoisotopic (exact) mass is 235 g/mol. The lowest BCUT2D eigenvalue weighted by molar-refractivity contribution is 0.310. The van der Waals surface area contributed by atoms with Gasteiger partial charge in [0, 0.05) is 12.1 Å². The standard InChI is InChI=1S/C13H21N3O/c1-9-8-10-12(15-11(9)14)17-7-5-6-16(10)13(2,3)4/h8H,5-7H2,1-4H3,(H2,14,15). The Labute approximate surface area is 103 Å². The highest BCUT2D eigenvalue weighted by Crippen LogP contribution is 2.35. The second-order valence-electron chi connectivity index (χ2n) is 5.54. The first-order chi connectivity index (χ1) is 7.89. The van der Waals surface area contributed by atoms with Crippen molar-refractivity contribution in [1.29, 1.82) is 0 Å². The van der Waals surface area contributed by atoms with Gasteiger partial charge >= 0.3 is 0 Å². The van der Waals surface area contributed by atoms with Crippen molar-refractivity contribution in [3.05, 3.63) is 11.6 Å². The van der Waals surface area contributed by atoms with Gasteiger partial charge in [0.25, 0.3) is 0 Å². The van der Waals surface area contributed by atoms with Crippen LogP contribution < -0.4 is 15.4 Å². The summed E-state index contributed by atoms with van der Waals surface area (Å²) >= 11 is 0. The van der Waals surface area contributed by atoms with Crippen molar-refractivity contribution in [2.75, 3.05) is 23.8 Å². The number of pyridine rings is 1. The van der Waals surface area contributed by atoms with Crippen LogP contribution in [0.3, 0.4) is 0 Å².